The Morgan fingerprint density at radius 3 is 2.61 bits per heavy atom. The average molecular weight is 421 g/mol. The topological polar surface area (TPSA) is 64.8 Å². The van der Waals surface area contributed by atoms with Gasteiger partial charge in [0.1, 0.15) is 5.82 Å². The van der Waals surface area contributed by atoms with Crippen molar-refractivity contribution in [1.82, 2.24) is 9.99 Å². The highest BCUT2D eigenvalue weighted by atomic mass is 19.1. The van der Waals surface area contributed by atoms with Crippen molar-refractivity contribution in [1.29, 1.82) is 0 Å². The number of halogens is 1. The number of hydrogen-bond donors (Lipinski definition) is 1. The molecule has 0 atom stereocenters. The first-order valence-corrected chi connectivity index (χ1v) is 10.1. The lowest BCUT2D eigenvalue weighted by Crippen LogP contribution is -2.20. The van der Waals surface area contributed by atoms with Gasteiger partial charge >= 0.3 is 0 Å². The van der Waals surface area contributed by atoms with Crippen molar-refractivity contribution < 1.29 is 18.7 Å². The Hall–Kier alpha value is -3.61. The second-order valence-electron chi connectivity index (χ2n) is 7.57. The molecular formula is C24H24FN3O3. The van der Waals surface area contributed by atoms with Gasteiger partial charge in [-0.05, 0) is 81.6 Å². The summed E-state index contributed by atoms with van der Waals surface area (Å²) in [4.78, 5) is 12.7. The third-order valence-corrected chi connectivity index (χ3v) is 5.32. The SMILES string of the molecule is C/C(CCc1ccc2c(c1)OCO2)=N\NC(=O)c1cc(C)n(-c2ccc(F)cc2)c1C. The lowest BCUT2D eigenvalue weighted by atomic mass is 10.1. The molecule has 0 spiro atoms. The zero-order valence-corrected chi connectivity index (χ0v) is 17.7. The van der Waals surface area contributed by atoms with Crippen molar-refractivity contribution >= 4 is 11.6 Å². The molecule has 0 bridgehead atoms. The van der Waals surface area contributed by atoms with E-state index in [1.165, 1.54) is 12.1 Å². The molecule has 0 saturated carbocycles. The van der Waals surface area contributed by atoms with E-state index >= 15 is 0 Å². The smallest absolute Gasteiger partial charge is 0.273 e. The minimum absolute atomic E-state index is 0.257. The molecule has 1 aromatic heterocycles. The Labute approximate surface area is 180 Å². The first-order valence-electron chi connectivity index (χ1n) is 10.1. The van der Waals surface area contributed by atoms with Crippen LogP contribution in [-0.4, -0.2) is 23.0 Å². The molecule has 1 aliphatic rings. The third-order valence-electron chi connectivity index (χ3n) is 5.32. The molecule has 0 saturated heterocycles. The fourth-order valence-corrected chi connectivity index (χ4v) is 3.66. The number of carbonyl (C=O) groups is 1. The lowest BCUT2D eigenvalue weighted by Gasteiger charge is -2.09. The van der Waals surface area contributed by atoms with Gasteiger partial charge in [-0.25, -0.2) is 9.82 Å². The maximum Gasteiger partial charge on any atom is 0.273 e. The molecule has 2 heterocycles. The van der Waals surface area contributed by atoms with Crippen LogP contribution in [0.5, 0.6) is 11.5 Å². The molecule has 160 valence electrons. The Morgan fingerprint density at radius 1 is 1.10 bits per heavy atom. The number of rotatable bonds is 6. The number of aromatic nitrogens is 1. The van der Waals surface area contributed by atoms with Crippen molar-refractivity contribution in [2.45, 2.75) is 33.6 Å². The second-order valence-corrected chi connectivity index (χ2v) is 7.57. The van der Waals surface area contributed by atoms with Crippen LogP contribution in [0, 0.1) is 19.7 Å². The Morgan fingerprint density at radius 2 is 1.84 bits per heavy atom. The van der Waals surface area contributed by atoms with Crippen molar-refractivity contribution in [3.63, 3.8) is 0 Å². The molecule has 0 fully saturated rings. The van der Waals surface area contributed by atoms with Crippen molar-refractivity contribution in [3.8, 4) is 17.2 Å². The number of fused-ring (bicyclic) bond motifs is 1. The Kier molecular flexibility index (Phi) is 5.75. The summed E-state index contributed by atoms with van der Waals surface area (Å²) in [6.45, 7) is 5.91. The number of carbonyl (C=O) groups excluding carboxylic acids is 1. The van der Waals surface area contributed by atoms with Gasteiger partial charge in [-0.3, -0.25) is 4.79 Å². The predicted octanol–water partition coefficient (Wildman–Crippen LogP) is 4.70. The summed E-state index contributed by atoms with van der Waals surface area (Å²) in [7, 11) is 0. The number of benzene rings is 2. The average Bonchev–Trinajstić information content (AvgIpc) is 3.34. The van der Waals surface area contributed by atoms with Crippen LogP contribution in [0.25, 0.3) is 5.69 Å². The largest absolute Gasteiger partial charge is 0.454 e. The molecule has 7 heteroatoms. The molecule has 1 amide bonds. The summed E-state index contributed by atoms with van der Waals surface area (Å²) in [5.74, 6) is 0.954. The predicted molar refractivity (Wildman–Crippen MR) is 117 cm³/mol. The highest BCUT2D eigenvalue weighted by molar-refractivity contribution is 5.96. The summed E-state index contributed by atoms with van der Waals surface area (Å²) in [6.07, 6.45) is 1.48. The maximum atomic E-state index is 13.2. The maximum absolute atomic E-state index is 13.2. The standard InChI is InChI=1S/C24H24FN3O3/c1-15(4-5-18-6-11-22-23(13-18)31-14-30-22)26-27-24(29)21-12-16(2)28(17(21)3)20-9-7-19(25)8-10-20/h6-13H,4-5,14H2,1-3H3,(H,27,29)/b26-15+. The van der Waals surface area contributed by atoms with Crippen LogP contribution in [0.15, 0.2) is 53.6 Å². The van der Waals surface area contributed by atoms with Gasteiger partial charge in [0.05, 0.1) is 5.56 Å². The van der Waals surface area contributed by atoms with E-state index in [1.807, 2.05) is 49.6 Å². The molecule has 2 aromatic carbocycles. The normalized spacial score (nSPS) is 12.8. The van der Waals surface area contributed by atoms with Crippen LogP contribution >= 0.6 is 0 Å². The number of nitrogens with zero attached hydrogens (tertiary/aromatic N) is 2. The van der Waals surface area contributed by atoms with Crippen molar-refractivity contribution in [2.75, 3.05) is 6.79 Å². The Balaban J connectivity index is 1.40. The first kappa shape index (κ1) is 20.7. The van der Waals surface area contributed by atoms with Crippen LogP contribution in [0.1, 0.15) is 40.7 Å². The van der Waals surface area contributed by atoms with Crippen LogP contribution in [0.4, 0.5) is 4.39 Å². The highest BCUT2D eigenvalue weighted by Crippen LogP contribution is 2.32. The van der Waals surface area contributed by atoms with Gasteiger partial charge in [-0.1, -0.05) is 6.07 Å². The molecule has 0 unspecified atom stereocenters. The number of amides is 1. The quantitative estimate of drug-likeness (QED) is 0.463. The fourth-order valence-electron chi connectivity index (χ4n) is 3.66. The van der Waals surface area contributed by atoms with E-state index in [-0.39, 0.29) is 18.5 Å². The van der Waals surface area contributed by atoms with E-state index in [1.54, 1.807) is 12.1 Å². The summed E-state index contributed by atoms with van der Waals surface area (Å²) in [5.41, 5.74) is 7.59. The van der Waals surface area contributed by atoms with Gasteiger partial charge in [-0.15, -0.1) is 0 Å². The van der Waals surface area contributed by atoms with E-state index in [0.29, 0.717) is 12.0 Å². The molecule has 1 aliphatic heterocycles. The molecule has 0 radical (unpaired) electrons. The van der Waals surface area contributed by atoms with E-state index < -0.39 is 0 Å². The van der Waals surface area contributed by atoms with Gasteiger partial charge < -0.3 is 14.0 Å². The molecule has 6 nitrogen and oxygen atoms in total. The summed E-state index contributed by atoms with van der Waals surface area (Å²) >= 11 is 0. The highest BCUT2D eigenvalue weighted by Gasteiger charge is 2.17. The summed E-state index contributed by atoms with van der Waals surface area (Å²) < 4.78 is 25.9. The zero-order chi connectivity index (χ0) is 22.0. The van der Waals surface area contributed by atoms with Gasteiger partial charge in [0.25, 0.3) is 5.91 Å². The molecule has 3 aromatic rings. The number of hydrazone groups is 1. The van der Waals surface area contributed by atoms with Gasteiger partial charge in [0.2, 0.25) is 6.79 Å². The number of aryl methyl sites for hydroxylation is 2. The Bertz CT molecular complexity index is 1150. The van der Waals surface area contributed by atoms with E-state index in [4.69, 9.17) is 9.47 Å². The van der Waals surface area contributed by atoms with Gasteiger partial charge in [-0.2, -0.15) is 5.10 Å². The summed E-state index contributed by atoms with van der Waals surface area (Å²) in [5, 5.41) is 4.25. The van der Waals surface area contributed by atoms with Gasteiger partial charge in [0.15, 0.2) is 11.5 Å². The van der Waals surface area contributed by atoms with Gasteiger partial charge in [0, 0.05) is 22.8 Å². The van der Waals surface area contributed by atoms with E-state index in [9.17, 15) is 9.18 Å². The van der Waals surface area contributed by atoms with E-state index in [2.05, 4.69) is 10.5 Å². The molecule has 31 heavy (non-hydrogen) atoms. The van der Waals surface area contributed by atoms with Crippen LogP contribution < -0.4 is 14.9 Å². The minimum atomic E-state index is -0.297. The third kappa shape index (κ3) is 4.45. The molecule has 4 rings (SSSR count). The molecule has 0 aliphatic carbocycles. The zero-order valence-electron chi connectivity index (χ0n) is 17.7. The second kappa shape index (κ2) is 8.63. The summed E-state index contributed by atoms with van der Waals surface area (Å²) in [6, 6.07) is 13.9. The van der Waals surface area contributed by atoms with E-state index in [0.717, 1.165) is 46.3 Å². The molecular weight excluding hydrogens is 397 g/mol. The first-order chi connectivity index (χ1) is 14.9. The lowest BCUT2D eigenvalue weighted by molar-refractivity contribution is 0.0954. The number of nitrogens with one attached hydrogen (secondary N) is 1. The van der Waals surface area contributed by atoms with Crippen LogP contribution in [0.2, 0.25) is 0 Å². The molecule has 1 N–H and O–H groups in total. The number of hydrogen-bond acceptors (Lipinski definition) is 4. The van der Waals surface area contributed by atoms with Crippen LogP contribution in [0.3, 0.4) is 0 Å². The minimum Gasteiger partial charge on any atom is -0.454 e. The fraction of sp³-hybridized carbons (Fsp3) is 0.250. The van der Waals surface area contributed by atoms with Crippen molar-refractivity contribution in [2.24, 2.45) is 5.10 Å². The monoisotopic (exact) mass is 421 g/mol. The van der Waals surface area contributed by atoms with Crippen molar-refractivity contribution in [3.05, 3.63) is 76.9 Å². The number of ether oxygens (including phenoxy) is 2. The van der Waals surface area contributed by atoms with Crippen LogP contribution in [-0.2, 0) is 6.42 Å².